The largest absolute Gasteiger partial charge is 0.380 e. The quantitative estimate of drug-likeness (QED) is 0.395. The summed E-state index contributed by atoms with van der Waals surface area (Å²) in [6.07, 6.45) is 7.96. The van der Waals surface area contributed by atoms with E-state index in [0.29, 0.717) is 11.8 Å². The summed E-state index contributed by atoms with van der Waals surface area (Å²) in [5.41, 5.74) is 0.421. The lowest BCUT2D eigenvalue weighted by Crippen LogP contribution is -2.11. The molecule has 0 spiro atoms. The zero-order valence-electron chi connectivity index (χ0n) is 16.0. The Hall–Kier alpha value is -2.70. The molecule has 0 saturated heterocycles. The van der Waals surface area contributed by atoms with Crippen LogP contribution in [0.5, 0.6) is 0 Å². The molecule has 1 aromatic carbocycles. The van der Waals surface area contributed by atoms with Crippen molar-refractivity contribution in [2.45, 2.75) is 39.0 Å². The van der Waals surface area contributed by atoms with Gasteiger partial charge < -0.3 is 4.90 Å². The van der Waals surface area contributed by atoms with Crippen molar-refractivity contribution in [3.63, 3.8) is 0 Å². The second-order valence-corrected chi connectivity index (χ2v) is 6.58. The van der Waals surface area contributed by atoms with Crippen molar-refractivity contribution in [3.8, 4) is 11.4 Å². The first-order valence-electron chi connectivity index (χ1n) is 9.23. The smallest absolute Gasteiger partial charge is 0.266 e. The molecule has 0 aliphatic carbocycles. The van der Waals surface area contributed by atoms with Gasteiger partial charge in [-0.3, -0.25) is 4.79 Å². The van der Waals surface area contributed by atoms with Gasteiger partial charge in [0.25, 0.3) is 6.43 Å². The molecule has 7 heteroatoms. The van der Waals surface area contributed by atoms with Crippen LogP contribution in [0.2, 0.25) is 0 Å². The van der Waals surface area contributed by atoms with Crippen LogP contribution in [-0.2, 0) is 0 Å². The maximum absolute atomic E-state index is 14.4. The summed E-state index contributed by atoms with van der Waals surface area (Å²) in [5.74, 6) is -0.695. The monoisotopic (exact) mass is 391 g/mol. The normalized spacial score (nSPS) is 11.4. The van der Waals surface area contributed by atoms with Gasteiger partial charge >= 0.3 is 0 Å². The highest BCUT2D eigenvalue weighted by atomic mass is 19.3. The number of hydrogen-bond acceptors (Lipinski definition) is 4. The minimum Gasteiger partial charge on any atom is -0.380 e. The second kappa shape index (κ2) is 10.6. The number of rotatable bonds is 10. The molecule has 4 nitrogen and oxygen atoms in total. The number of benzene rings is 1. The van der Waals surface area contributed by atoms with Gasteiger partial charge in [-0.1, -0.05) is 26.2 Å². The lowest BCUT2D eigenvalue weighted by Gasteiger charge is -2.14. The highest BCUT2D eigenvalue weighted by Crippen LogP contribution is 2.25. The molecule has 0 amide bonds. The summed E-state index contributed by atoms with van der Waals surface area (Å²) in [6.45, 7) is 3.03. The van der Waals surface area contributed by atoms with E-state index in [9.17, 15) is 18.0 Å². The Morgan fingerprint density at radius 3 is 2.43 bits per heavy atom. The first-order valence-corrected chi connectivity index (χ1v) is 9.23. The molecule has 2 aromatic rings. The first kappa shape index (κ1) is 21.6. The van der Waals surface area contributed by atoms with E-state index < -0.39 is 12.2 Å². The minimum absolute atomic E-state index is 0.0121. The van der Waals surface area contributed by atoms with Crippen LogP contribution in [-0.4, -0.2) is 34.7 Å². The van der Waals surface area contributed by atoms with Crippen molar-refractivity contribution in [2.75, 3.05) is 13.6 Å². The van der Waals surface area contributed by atoms with E-state index in [0.717, 1.165) is 37.8 Å². The third kappa shape index (κ3) is 5.90. The zero-order valence-corrected chi connectivity index (χ0v) is 16.0. The van der Waals surface area contributed by atoms with Gasteiger partial charge in [-0.2, -0.15) is 0 Å². The van der Waals surface area contributed by atoms with Crippen LogP contribution in [0.1, 0.15) is 60.5 Å². The van der Waals surface area contributed by atoms with E-state index in [1.807, 2.05) is 18.1 Å². The van der Waals surface area contributed by atoms with Crippen molar-refractivity contribution in [2.24, 2.45) is 0 Å². The summed E-state index contributed by atoms with van der Waals surface area (Å²) in [4.78, 5) is 21.0. The van der Waals surface area contributed by atoms with E-state index in [-0.39, 0.29) is 22.5 Å². The van der Waals surface area contributed by atoms with Crippen LogP contribution in [0.25, 0.3) is 17.5 Å². The van der Waals surface area contributed by atoms with E-state index >= 15 is 0 Å². The molecule has 1 aromatic heterocycles. The van der Waals surface area contributed by atoms with E-state index in [1.165, 1.54) is 18.9 Å². The number of aldehydes is 1. The Kier molecular flexibility index (Phi) is 8.17. The van der Waals surface area contributed by atoms with E-state index in [2.05, 4.69) is 16.9 Å². The molecule has 28 heavy (non-hydrogen) atoms. The molecule has 0 aliphatic heterocycles. The zero-order chi connectivity index (χ0) is 20.5. The van der Waals surface area contributed by atoms with Gasteiger partial charge in [0.05, 0.1) is 11.1 Å². The van der Waals surface area contributed by atoms with Gasteiger partial charge in [-0.25, -0.2) is 23.1 Å². The Bertz CT molecular complexity index is 807. The third-order valence-corrected chi connectivity index (χ3v) is 4.34. The number of nitrogens with zero attached hydrogens (tertiary/aromatic N) is 3. The van der Waals surface area contributed by atoms with E-state index in [1.54, 1.807) is 6.08 Å². The maximum Gasteiger partial charge on any atom is 0.266 e. The number of hydrogen-bond donors (Lipinski definition) is 0. The number of unbranched alkanes of at least 4 members (excludes halogenated alkanes) is 3. The molecule has 2 rings (SSSR count). The lowest BCUT2D eigenvalue weighted by molar-refractivity contribution is 0.112. The molecular weight excluding hydrogens is 367 g/mol. The topological polar surface area (TPSA) is 46.1 Å². The summed E-state index contributed by atoms with van der Waals surface area (Å²) < 4.78 is 39.7. The number of halogens is 3. The fourth-order valence-corrected chi connectivity index (χ4v) is 2.68. The standard InChI is InChI=1S/C21H24F3N3O/c1-3-4-5-6-8-27(2)9-7-15-10-18(19(22)11-16(15)14-28)21-25-12-17(13-26-21)20(23)24/h7,9-14,20H,3-6,8H2,1-2H3/b9-7-. The van der Waals surface area contributed by atoms with Crippen LogP contribution in [0.3, 0.4) is 0 Å². The van der Waals surface area contributed by atoms with Crippen molar-refractivity contribution < 1.29 is 18.0 Å². The van der Waals surface area contributed by atoms with Gasteiger partial charge in [0, 0.05) is 31.5 Å². The molecule has 0 aliphatic rings. The van der Waals surface area contributed by atoms with Crippen LogP contribution in [0.15, 0.2) is 30.7 Å². The van der Waals surface area contributed by atoms with Crippen LogP contribution in [0, 0.1) is 5.82 Å². The number of carbonyl (C=O) groups is 1. The number of alkyl halides is 2. The van der Waals surface area contributed by atoms with Crippen molar-refractivity contribution in [1.29, 1.82) is 0 Å². The highest BCUT2D eigenvalue weighted by molar-refractivity contribution is 5.83. The van der Waals surface area contributed by atoms with E-state index in [4.69, 9.17) is 0 Å². The fourth-order valence-electron chi connectivity index (χ4n) is 2.68. The Morgan fingerprint density at radius 1 is 1.11 bits per heavy atom. The maximum atomic E-state index is 14.4. The Morgan fingerprint density at radius 2 is 1.82 bits per heavy atom. The summed E-state index contributed by atoms with van der Waals surface area (Å²) in [7, 11) is 1.93. The summed E-state index contributed by atoms with van der Waals surface area (Å²) >= 11 is 0. The SMILES string of the molecule is CCCCCCN(C)/C=C\c1cc(-c2ncc(C(F)F)cn2)c(F)cc1C=O. The predicted octanol–water partition coefficient (Wildman–Crippen LogP) is 5.52. The molecule has 150 valence electrons. The number of aromatic nitrogens is 2. The van der Waals surface area contributed by atoms with Gasteiger partial charge in [-0.05, 0) is 36.4 Å². The molecule has 1 heterocycles. The van der Waals surface area contributed by atoms with Gasteiger partial charge in [0.2, 0.25) is 0 Å². The molecule has 0 N–H and O–H groups in total. The fraction of sp³-hybridized carbons (Fsp3) is 0.381. The molecule has 0 fully saturated rings. The lowest BCUT2D eigenvalue weighted by atomic mass is 10.0. The molecular formula is C21H24F3N3O. The molecule has 0 unspecified atom stereocenters. The number of carbonyl (C=O) groups excluding carboxylic acids is 1. The predicted molar refractivity (Wildman–Crippen MR) is 104 cm³/mol. The average Bonchev–Trinajstić information content (AvgIpc) is 2.70. The first-order chi connectivity index (χ1) is 13.5. The Balaban J connectivity index is 2.23. The summed E-state index contributed by atoms with van der Waals surface area (Å²) in [5, 5.41) is 0. The van der Waals surface area contributed by atoms with Crippen LogP contribution >= 0.6 is 0 Å². The van der Waals surface area contributed by atoms with Crippen LogP contribution in [0.4, 0.5) is 13.2 Å². The van der Waals surface area contributed by atoms with Crippen molar-refractivity contribution in [3.05, 3.63) is 53.2 Å². The molecule has 0 atom stereocenters. The average molecular weight is 391 g/mol. The molecule has 0 radical (unpaired) electrons. The second-order valence-electron chi connectivity index (χ2n) is 6.58. The van der Waals surface area contributed by atoms with Crippen LogP contribution < -0.4 is 0 Å². The van der Waals surface area contributed by atoms with Crippen molar-refractivity contribution in [1.82, 2.24) is 14.9 Å². The Labute approximate surface area is 163 Å². The molecule has 0 bridgehead atoms. The van der Waals surface area contributed by atoms with Gasteiger partial charge in [0.1, 0.15) is 5.82 Å². The van der Waals surface area contributed by atoms with Crippen molar-refractivity contribution >= 4 is 12.4 Å². The van der Waals surface area contributed by atoms with Gasteiger partial charge in [0.15, 0.2) is 12.1 Å². The minimum atomic E-state index is -2.69. The molecule has 0 saturated carbocycles. The highest BCUT2D eigenvalue weighted by Gasteiger charge is 2.14. The van der Waals surface area contributed by atoms with Gasteiger partial charge in [-0.15, -0.1) is 0 Å². The summed E-state index contributed by atoms with van der Waals surface area (Å²) in [6, 6.07) is 2.56. The third-order valence-electron chi connectivity index (χ3n) is 4.34.